The predicted molar refractivity (Wildman–Crippen MR) is 110 cm³/mol. The van der Waals surface area contributed by atoms with E-state index in [0.29, 0.717) is 31.2 Å². The quantitative estimate of drug-likeness (QED) is 0.671. The summed E-state index contributed by atoms with van der Waals surface area (Å²) in [5.41, 5.74) is 2.29. The minimum absolute atomic E-state index is 0.0753. The molecular formula is C23H26N4O2. The van der Waals surface area contributed by atoms with Crippen molar-refractivity contribution in [2.75, 3.05) is 13.1 Å². The van der Waals surface area contributed by atoms with Gasteiger partial charge in [-0.3, -0.25) is 9.69 Å². The van der Waals surface area contributed by atoms with E-state index in [4.69, 9.17) is 4.52 Å². The van der Waals surface area contributed by atoms with Crippen LogP contribution in [0.15, 0.2) is 65.2 Å². The second kappa shape index (κ2) is 9.47. The van der Waals surface area contributed by atoms with Crippen molar-refractivity contribution in [3.05, 3.63) is 83.5 Å². The van der Waals surface area contributed by atoms with Crippen molar-refractivity contribution in [1.29, 1.82) is 0 Å². The largest absolute Gasteiger partial charge is 0.352 e. The summed E-state index contributed by atoms with van der Waals surface area (Å²) in [5.74, 6) is 1.58. The second-order valence-electron chi connectivity index (χ2n) is 7.52. The van der Waals surface area contributed by atoms with Gasteiger partial charge in [0.2, 0.25) is 11.8 Å². The van der Waals surface area contributed by atoms with Gasteiger partial charge in [0.05, 0.1) is 6.54 Å². The van der Waals surface area contributed by atoms with Gasteiger partial charge in [0.1, 0.15) is 0 Å². The molecule has 29 heavy (non-hydrogen) atoms. The number of carbonyl (C=O) groups excluding carboxylic acids is 1. The summed E-state index contributed by atoms with van der Waals surface area (Å²) in [6.07, 6.45) is 2.38. The van der Waals surface area contributed by atoms with Crippen molar-refractivity contribution in [2.45, 2.75) is 32.4 Å². The minimum atomic E-state index is 0.0753. The lowest BCUT2D eigenvalue weighted by Crippen LogP contribution is -2.40. The Labute approximate surface area is 170 Å². The number of amides is 1. The van der Waals surface area contributed by atoms with Crippen molar-refractivity contribution in [2.24, 2.45) is 5.92 Å². The third-order valence-electron chi connectivity index (χ3n) is 5.34. The Kier molecular flexibility index (Phi) is 6.32. The number of rotatable bonds is 7. The topological polar surface area (TPSA) is 71.3 Å². The molecule has 0 spiro atoms. The van der Waals surface area contributed by atoms with Crippen molar-refractivity contribution in [3.8, 4) is 0 Å². The molecule has 4 rings (SSSR count). The van der Waals surface area contributed by atoms with E-state index in [1.54, 1.807) is 0 Å². The maximum atomic E-state index is 12.4. The van der Waals surface area contributed by atoms with Crippen molar-refractivity contribution in [1.82, 2.24) is 20.4 Å². The van der Waals surface area contributed by atoms with E-state index in [2.05, 4.69) is 32.5 Å². The number of hydrogen-bond acceptors (Lipinski definition) is 5. The zero-order valence-electron chi connectivity index (χ0n) is 16.5. The van der Waals surface area contributed by atoms with Crippen LogP contribution in [0.1, 0.15) is 35.7 Å². The first-order chi connectivity index (χ1) is 14.3. The Morgan fingerprint density at radius 3 is 2.34 bits per heavy atom. The summed E-state index contributed by atoms with van der Waals surface area (Å²) < 4.78 is 5.42. The molecule has 1 amide bonds. The molecule has 0 radical (unpaired) electrons. The van der Waals surface area contributed by atoms with Gasteiger partial charge in [0.25, 0.3) is 0 Å². The fourth-order valence-corrected chi connectivity index (χ4v) is 3.68. The SMILES string of the molecule is O=C(NCc1ccccc1)C1CCN(Cc2nc(Cc3ccccc3)no2)CC1. The summed E-state index contributed by atoms with van der Waals surface area (Å²) in [6.45, 7) is 2.95. The Morgan fingerprint density at radius 1 is 1.00 bits per heavy atom. The number of aromatic nitrogens is 2. The monoisotopic (exact) mass is 390 g/mol. The average Bonchev–Trinajstić information content (AvgIpc) is 3.20. The van der Waals surface area contributed by atoms with E-state index in [-0.39, 0.29) is 11.8 Å². The molecule has 0 unspecified atom stereocenters. The molecule has 0 saturated carbocycles. The minimum Gasteiger partial charge on any atom is -0.352 e. The van der Waals surface area contributed by atoms with Crippen LogP contribution in [0.3, 0.4) is 0 Å². The third kappa shape index (κ3) is 5.51. The molecule has 6 heteroatoms. The van der Waals surface area contributed by atoms with Gasteiger partial charge in [-0.15, -0.1) is 0 Å². The number of nitrogens with one attached hydrogen (secondary N) is 1. The van der Waals surface area contributed by atoms with Gasteiger partial charge in [-0.05, 0) is 37.1 Å². The first-order valence-electron chi connectivity index (χ1n) is 10.2. The normalized spacial score (nSPS) is 15.3. The third-order valence-corrected chi connectivity index (χ3v) is 5.34. The Bertz CT molecular complexity index is 903. The van der Waals surface area contributed by atoms with Crippen LogP contribution in [0.4, 0.5) is 0 Å². The van der Waals surface area contributed by atoms with Crippen molar-refractivity contribution < 1.29 is 9.32 Å². The van der Waals surface area contributed by atoms with Gasteiger partial charge in [-0.2, -0.15) is 4.98 Å². The summed E-state index contributed by atoms with van der Waals surface area (Å²) in [4.78, 5) is 19.2. The Hall–Kier alpha value is -2.99. The van der Waals surface area contributed by atoms with E-state index < -0.39 is 0 Å². The van der Waals surface area contributed by atoms with E-state index >= 15 is 0 Å². The zero-order valence-corrected chi connectivity index (χ0v) is 16.5. The standard InChI is InChI=1S/C23H26N4O2/c28-23(24-16-19-9-5-2-6-10-19)20-11-13-27(14-12-20)17-22-25-21(26-29-22)15-18-7-3-1-4-8-18/h1-10,20H,11-17H2,(H,24,28). The lowest BCUT2D eigenvalue weighted by molar-refractivity contribution is -0.126. The van der Waals surface area contributed by atoms with Crippen LogP contribution >= 0.6 is 0 Å². The van der Waals surface area contributed by atoms with Gasteiger partial charge in [-0.1, -0.05) is 65.8 Å². The van der Waals surface area contributed by atoms with E-state index in [9.17, 15) is 4.79 Å². The first-order valence-corrected chi connectivity index (χ1v) is 10.2. The highest BCUT2D eigenvalue weighted by Gasteiger charge is 2.25. The molecule has 1 aromatic heterocycles. The molecule has 0 aliphatic carbocycles. The fourth-order valence-electron chi connectivity index (χ4n) is 3.68. The number of carbonyl (C=O) groups is 1. The smallest absolute Gasteiger partial charge is 0.240 e. The van der Waals surface area contributed by atoms with Crippen LogP contribution in [-0.4, -0.2) is 34.0 Å². The zero-order chi connectivity index (χ0) is 19.9. The number of hydrogen-bond donors (Lipinski definition) is 1. The lowest BCUT2D eigenvalue weighted by Gasteiger charge is -2.30. The molecule has 1 fully saturated rings. The second-order valence-corrected chi connectivity index (χ2v) is 7.52. The summed E-state index contributed by atoms with van der Waals surface area (Å²) >= 11 is 0. The molecule has 1 aliphatic rings. The molecule has 0 bridgehead atoms. The van der Waals surface area contributed by atoms with Crippen LogP contribution < -0.4 is 5.32 Å². The lowest BCUT2D eigenvalue weighted by atomic mass is 9.96. The average molecular weight is 390 g/mol. The maximum absolute atomic E-state index is 12.4. The highest BCUT2D eigenvalue weighted by atomic mass is 16.5. The van der Waals surface area contributed by atoms with Crippen LogP contribution in [0, 0.1) is 5.92 Å². The van der Waals surface area contributed by atoms with Crippen LogP contribution in [0.25, 0.3) is 0 Å². The number of benzene rings is 2. The molecule has 1 saturated heterocycles. The molecule has 1 aliphatic heterocycles. The van der Waals surface area contributed by atoms with Gasteiger partial charge in [0.15, 0.2) is 5.82 Å². The summed E-state index contributed by atoms with van der Waals surface area (Å²) in [7, 11) is 0. The Balaban J connectivity index is 1.21. The summed E-state index contributed by atoms with van der Waals surface area (Å²) in [6, 6.07) is 20.1. The molecule has 0 atom stereocenters. The Morgan fingerprint density at radius 2 is 1.66 bits per heavy atom. The molecule has 3 aromatic rings. The first kappa shape index (κ1) is 19.3. The maximum Gasteiger partial charge on any atom is 0.240 e. The molecule has 2 aromatic carbocycles. The van der Waals surface area contributed by atoms with Crippen LogP contribution in [0.2, 0.25) is 0 Å². The highest BCUT2D eigenvalue weighted by molar-refractivity contribution is 5.78. The van der Waals surface area contributed by atoms with Crippen molar-refractivity contribution in [3.63, 3.8) is 0 Å². The highest BCUT2D eigenvalue weighted by Crippen LogP contribution is 2.19. The molecule has 150 valence electrons. The van der Waals surface area contributed by atoms with Gasteiger partial charge >= 0.3 is 0 Å². The molecule has 2 heterocycles. The van der Waals surface area contributed by atoms with Crippen LogP contribution in [0.5, 0.6) is 0 Å². The van der Waals surface area contributed by atoms with E-state index in [0.717, 1.165) is 31.5 Å². The number of nitrogens with zero attached hydrogens (tertiary/aromatic N) is 3. The number of piperidine rings is 1. The van der Waals surface area contributed by atoms with Gasteiger partial charge < -0.3 is 9.84 Å². The molecule has 1 N–H and O–H groups in total. The van der Waals surface area contributed by atoms with Crippen LogP contribution in [-0.2, 0) is 24.3 Å². The van der Waals surface area contributed by atoms with Gasteiger partial charge in [-0.25, -0.2) is 0 Å². The predicted octanol–water partition coefficient (Wildman–Crippen LogP) is 3.19. The van der Waals surface area contributed by atoms with Crippen molar-refractivity contribution >= 4 is 5.91 Å². The van der Waals surface area contributed by atoms with E-state index in [1.807, 2.05) is 48.5 Å². The molecular weight excluding hydrogens is 364 g/mol. The number of likely N-dealkylation sites (tertiary alicyclic amines) is 1. The van der Waals surface area contributed by atoms with Gasteiger partial charge in [0, 0.05) is 18.9 Å². The molecule has 6 nitrogen and oxygen atoms in total. The summed E-state index contributed by atoms with van der Waals surface area (Å²) in [5, 5.41) is 7.16. The fraction of sp³-hybridized carbons (Fsp3) is 0.348. The van der Waals surface area contributed by atoms with E-state index in [1.165, 1.54) is 5.56 Å².